The van der Waals surface area contributed by atoms with E-state index in [0.717, 1.165) is 6.20 Å². The molecule has 10 heteroatoms. The van der Waals surface area contributed by atoms with E-state index in [-0.39, 0.29) is 41.2 Å². The predicted octanol–water partition coefficient (Wildman–Crippen LogP) is 2.99. The van der Waals surface area contributed by atoms with Crippen molar-refractivity contribution < 1.29 is 8.78 Å². The van der Waals surface area contributed by atoms with Crippen molar-refractivity contribution in [1.29, 1.82) is 0 Å². The maximum atomic E-state index is 14.0. The summed E-state index contributed by atoms with van der Waals surface area (Å²) in [6.45, 7) is 4.09. The molecule has 29 heavy (non-hydrogen) atoms. The van der Waals surface area contributed by atoms with Crippen LogP contribution in [-0.2, 0) is 6.54 Å². The fourth-order valence-electron chi connectivity index (χ4n) is 2.71. The molecular weight excluding hydrogens is 378 g/mol. The van der Waals surface area contributed by atoms with E-state index in [9.17, 15) is 8.78 Å². The van der Waals surface area contributed by atoms with Crippen molar-refractivity contribution in [3.05, 3.63) is 53.7 Å². The third kappa shape index (κ3) is 3.77. The molecule has 0 fully saturated rings. The van der Waals surface area contributed by atoms with Crippen LogP contribution in [0.1, 0.15) is 19.4 Å². The normalized spacial score (nSPS) is 10.6. The molecule has 3 heterocycles. The molecule has 0 unspecified atom stereocenters. The Kier molecular flexibility index (Phi) is 5.53. The minimum absolute atomic E-state index is 0.0151. The summed E-state index contributed by atoms with van der Waals surface area (Å²) >= 11 is 0. The average molecular weight is 398 g/mol. The lowest BCUT2D eigenvalue weighted by Crippen LogP contribution is -2.07. The lowest BCUT2D eigenvalue weighted by molar-refractivity contribution is 0.588. The fraction of sp³-hybridized carbons (Fsp3) is 0.158. The number of hydrogen-bond donors (Lipinski definition) is 3. The molecule has 0 spiro atoms. The van der Waals surface area contributed by atoms with Crippen LogP contribution in [0.25, 0.3) is 22.6 Å². The Hall–Kier alpha value is -3.82. The molecule has 0 saturated heterocycles. The molecule has 8 nitrogen and oxygen atoms in total. The summed E-state index contributed by atoms with van der Waals surface area (Å²) in [6.07, 6.45) is 1.05. The van der Waals surface area contributed by atoms with Gasteiger partial charge in [0.1, 0.15) is 23.0 Å². The van der Waals surface area contributed by atoms with Gasteiger partial charge in [-0.05, 0) is 12.1 Å². The highest BCUT2D eigenvalue weighted by molar-refractivity contribution is 5.90. The highest BCUT2D eigenvalue weighted by Gasteiger charge is 2.19. The van der Waals surface area contributed by atoms with E-state index in [1.54, 1.807) is 18.2 Å². The standard InChI is InChI=1S/C17H14F2N8.C2H6/c18-9-5-10-13(16-24-14(21)12(20)15(22)25-16)26-27(17(10)23-6-9)7-8-3-1-2-4-11(8)19;1-2/h1-6H,7,20H2,(H4,21,22,24,25);1-2H3. The number of nitrogen functional groups attached to an aromatic ring is 3. The molecule has 0 amide bonds. The van der Waals surface area contributed by atoms with Crippen LogP contribution in [0.4, 0.5) is 26.1 Å². The third-order valence-electron chi connectivity index (χ3n) is 4.05. The van der Waals surface area contributed by atoms with Crippen LogP contribution in [0.2, 0.25) is 0 Å². The van der Waals surface area contributed by atoms with Gasteiger partial charge in [0, 0.05) is 5.56 Å². The number of aromatic nitrogens is 5. The second-order valence-corrected chi connectivity index (χ2v) is 5.85. The number of rotatable bonds is 3. The summed E-state index contributed by atoms with van der Waals surface area (Å²) in [5.74, 6) is -0.908. The van der Waals surface area contributed by atoms with E-state index in [2.05, 4.69) is 20.1 Å². The number of halogens is 2. The zero-order valence-corrected chi connectivity index (χ0v) is 15.9. The van der Waals surface area contributed by atoms with Crippen molar-refractivity contribution in [1.82, 2.24) is 24.7 Å². The first-order valence-corrected chi connectivity index (χ1v) is 8.88. The molecule has 0 atom stereocenters. The smallest absolute Gasteiger partial charge is 0.184 e. The number of hydrogen-bond acceptors (Lipinski definition) is 7. The van der Waals surface area contributed by atoms with Crippen molar-refractivity contribution in [2.24, 2.45) is 0 Å². The lowest BCUT2D eigenvalue weighted by Gasteiger charge is -2.05. The number of anilines is 3. The molecule has 0 radical (unpaired) electrons. The molecule has 0 aliphatic carbocycles. The van der Waals surface area contributed by atoms with Gasteiger partial charge in [-0.15, -0.1) is 0 Å². The zero-order valence-electron chi connectivity index (χ0n) is 15.9. The number of nitrogens with zero attached hydrogens (tertiary/aromatic N) is 5. The highest BCUT2D eigenvalue weighted by atomic mass is 19.1. The maximum Gasteiger partial charge on any atom is 0.184 e. The van der Waals surface area contributed by atoms with Crippen LogP contribution in [0.15, 0.2) is 36.5 Å². The van der Waals surface area contributed by atoms with Gasteiger partial charge in [0.2, 0.25) is 0 Å². The van der Waals surface area contributed by atoms with E-state index >= 15 is 0 Å². The Balaban J connectivity index is 0.00000117. The Morgan fingerprint density at radius 3 is 2.31 bits per heavy atom. The van der Waals surface area contributed by atoms with Gasteiger partial charge in [0.15, 0.2) is 23.1 Å². The fourth-order valence-corrected chi connectivity index (χ4v) is 2.71. The Morgan fingerprint density at radius 1 is 1.00 bits per heavy atom. The van der Waals surface area contributed by atoms with Gasteiger partial charge in [-0.1, -0.05) is 32.0 Å². The van der Waals surface area contributed by atoms with Crippen molar-refractivity contribution in [3.63, 3.8) is 0 Å². The van der Waals surface area contributed by atoms with E-state index in [0.29, 0.717) is 16.6 Å². The van der Waals surface area contributed by atoms with Gasteiger partial charge >= 0.3 is 0 Å². The Labute approximate surface area is 165 Å². The third-order valence-corrected chi connectivity index (χ3v) is 4.05. The van der Waals surface area contributed by atoms with Crippen LogP contribution >= 0.6 is 0 Å². The van der Waals surface area contributed by atoms with Gasteiger partial charge in [-0.3, -0.25) is 0 Å². The van der Waals surface area contributed by atoms with E-state index in [1.807, 2.05) is 13.8 Å². The first kappa shape index (κ1) is 19.9. The summed E-state index contributed by atoms with van der Waals surface area (Å²) in [4.78, 5) is 12.2. The lowest BCUT2D eigenvalue weighted by atomic mass is 10.2. The minimum atomic E-state index is -0.564. The van der Waals surface area contributed by atoms with Gasteiger partial charge < -0.3 is 17.2 Å². The molecular formula is C19H20F2N8. The summed E-state index contributed by atoms with van der Waals surface area (Å²) in [7, 11) is 0. The first-order valence-electron chi connectivity index (χ1n) is 8.88. The Morgan fingerprint density at radius 2 is 1.66 bits per heavy atom. The highest BCUT2D eigenvalue weighted by Crippen LogP contribution is 2.29. The van der Waals surface area contributed by atoms with Crippen molar-refractivity contribution in [3.8, 4) is 11.5 Å². The van der Waals surface area contributed by atoms with E-state index in [1.165, 1.54) is 16.8 Å². The van der Waals surface area contributed by atoms with Gasteiger partial charge in [-0.2, -0.15) is 5.10 Å². The molecule has 1 aromatic carbocycles. The monoisotopic (exact) mass is 398 g/mol. The van der Waals surface area contributed by atoms with Crippen LogP contribution < -0.4 is 17.2 Å². The van der Waals surface area contributed by atoms with Crippen LogP contribution in [0.5, 0.6) is 0 Å². The van der Waals surface area contributed by atoms with Crippen LogP contribution in [0.3, 0.4) is 0 Å². The largest absolute Gasteiger partial charge is 0.393 e. The van der Waals surface area contributed by atoms with Gasteiger partial charge in [0.25, 0.3) is 0 Å². The maximum absolute atomic E-state index is 14.0. The minimum Gasteiger partial charge on any atom is -0.393 e. The summed E-state index contributed by atoms with van der Waals surface area (Å²) < 4.78 is 29.3. The van der Waals surface area contributed by atoms with Crippen LogP contribution in [0, 0.1) is 11.6 Å². The molecule has 4 rings (SSSR count). The second-order valence-electron chi connectivity index (χ2n) is 5.85. The van der Waals surface area contributed by atoms with Crippen molar-refractivity contribution in [2.45, 2.75) is 20.4 Å². The SMILES string of the molecule is CC.Nc1nc(-c2nn(Cc3ccccc3F)c3ncc(F)cc23)nc(N)c1N. The quantitative estimate of drug-likeness (QED) is 0.483. The van der Waals surface area contributed by atoms with Gasteiger partial charge in [-0.25, -0.2) is 28.4 Å². The molecule has 4 aromatic rings. The molecule has 6 N–H and O–H groups in total. The molecule has 0 bridgehead atoms. The number of nitrogens with two attached hydrogens (primary N) is 3. The topological polar surface area (TPSA) is 135 Å². The summed E-state index contributed by atoms with van der Waals surface area (Å²) in [5, 5.41) is 4.74. The average Bonchev–Trinajstić information content (AvgIpc) is 3.06. The zero-order chi connectivity index (χ0) is 21.1. The van der Waals surface area contributed by atoms with E-state index in [4.69, 9.17) is 17.2 Å². The van der Waals surface area contributed by atoms with Gasteiger partial charge in [0.05, 0.1) is 18.1 Å². The van der Waals surface area contributed by atoms with E-state index < -0.39 is 5.82 Å². The number of benzene rings is 1. The van der Waals surface area contributed by atoms with Crippen molar-refractivity contribution in [2.75, 3.05) is 17.2 Å². The molecule has 0 aliphatic rings. The second kappa shape index (κ2) is 8.05. The predicted molar refractivity (Wildman–Crippen MR) is 109 cm³/mol. The molecule has 150 valence electrons. The number of pyridine rings is 1. The first-order chi connectivity index (χ1) is 13.9. The van der Waals surface area contributed by atoms with Crippen LogP contribution in [-0.4, -0.2) is 24.7 Å². The molecule has 0 aliphatic heterocycles. The summed E-state index contributed by atoms with van der Waals surface area (Å²) in [6, 6.07) is 7.52. The Bertz CT molecular complexity index is 1150. The molecule has 0 saturated carbocycles. The van der Waals surface area contributed by atoms with Crippen molar-refractivity contribution >= 4 is 28.4 Å². The molecule has 3 aromatic heterocycles. The summed E-state index contributed by atoms with van der Waals surface area (Å²) in [5.41, 5.74) is 18.2. The number of fused-ring (bicyclic) bond motifs is 1.